The summed E-state index contributed by atoms with van der Waals surface area (Å²) in [7, 11) is 0. The molecule has 4 aromatic rings. The number of para-hydroxylation sites is 2. The zero-order valence-electron chi connectivity index (χ0n) is 25.0. The number of aromatic nitrogens is 2. The highest BCUT2D eigenvalue weighted by molar-refractivity contribution is 6.32. The molecule has 0 aliphatic rings. The van der Waals surface area contributed by atoms with Gasteiger partial charge in [-0.3, -0.25) is 4.79 Å². The van der Waals surface area contributed by atoms with Crippen molar-refractivity contribution >= 4 is 35.0 Å². The van der Waals surface area contributed by atoms with Crippen LogP contribution in [0, 0.1) is 0 Å². The quantitative estimate of drug-likeness (QED) is 0.185. The van der Waals surface area contributed by atoms with E-state index in [2.05, 4.69) is 57.4 Å². The van der Waals surface area contributed by atoms with E-state index >= 15 is 0 Å². The smallest absolute Gasteiger partial charge is 0.315 e. The topological polar surface area (TPSA) is 79.3 Å². The third kappa shape index (κ3) is 7.39. The first kappa shape index (κ1) is 30.8. The van der Waals surface area contributed by atoms with Crippen molar-refractivity contribution in [2.24, 2.45) is 0 Å². The number of halogens is 1. The second-order valence-corrected chi connectivity index (χ2v) is 11.4. The predicted molar refractivity (Wildman–Crippen MR) is 173 cm³/mol. The van der Waals surface area contributed by atoms with E-state index < -0.39 is 0 Å². The molecule has 0 spiro atoms. The van der Waals surface area contributed by atoms with Gasteiger partial charge in [-0.05, 0) is 41.5 Å². The zero-order valence-corrected chi connectivity index (χ0v) is 25.8. The van der Waals surface area contributed by atoms with Crippen molar-refractivity contribution in [3.05, 3.63) is 95.0 Å². The summed E-state index contributed by atoms with van der Waals surface area (Å²) >= 11 is 6.52. The lowest BCUT2D eigenvalue weighted by molar-refractivity contribution is -0.116. The Balaban J connectivity index is 1.61. The third-order valence-electron chi connectivity index (χ3n) is 7.14. The Labute approximate surface area is 253 Å². The Morgan fingerprint density at radius 2 is 1.52 bits per heavy atom. The molecule has 1 heterocycles. The number of benzene rings is 3. The zero-order chi connectivity index (χ0) is 30.2. The molecule has 0 fully saturated rings. The summed E-state index contributed by atoms with van der Waals surface area (Å²) in [6.07, 6.45) is 1.67. The minimum atomic E-state index is -0.324. The highest BCUT2D eigenvalue weighted by Crippen LogP contribution is 2.33. The van der Waals surface area contributed by atoms with Crippen molar-refractivity contribution in [1.82, 2.24) is 14.7 Å². The lowest BCUT2D eigenvalue weighted by Gasteiger charge is -2.26. The molecule has 1 aromatic heterocycles. The van der Waals surface area contributed by atoms with Gasteiger partial charge in [0.05, 0.1) is 16.4 Å². The van der Waals surface area contributed by atoms with E-state index in [-0.39, 0.29) is 30.3 Å². The number of nitrogens with zero attached hydrogens (tertiary/aromatic N) is 3. The van der Waals surface area contributed by atoms with E-state index in [1.807, 2.05) is 60.7 Å². The summed E-state index contributed by atoms with van der Waals surface area (Å²) in [6.45, 7) is 10.9. The lowest BCUT2D eigenvalue weighted by Crippen LogP contribution is -2.41. The Kier molecular flexibility index (Phi) is 10.4. The second-order valence-electron chi connectivity index (χ2n) is 11.0. The van der Waals surface area contributed by atoms with Crippen molar-refractivity contribution in [2.75, 3.05) is 23.7 Å². The molecular formula is C34H40ClN5O2. The van der Waals surface area contributed by atoms with Gasteiger partial charge in [0.1, 0.15) is 12.4 Å². The van der Waals surface area contributed by atoms with Crippen LogP contribution in [0.4, 0.5) is 16.3 Å². The van der Waals surface area contributed by atoms with Gasteiger partial charge < -0.3 is 15.5 Å². The van der Waals surface area contributed by atoms with E-state index in [1.165, 1.54) is 0 Å². The Morgan fingerprint density at radius 1 is 0.881 bits per heavy atom. The predicted octanol–water partition coefficient (Wildman–Crippen LogP) is 8.71. The Bertz CT molecular complexity index is 1490. The maximum absolute atomic E-state index is 13.7. The van der Waals surface area contributed by atoms with Crippen LogP contribution in [0.2, 0.25) is 5.02 Å². The molecule has 4 rings (SSSR count). The van der Waals surface area contributed by atoms with Gasteiger partial charge in [0, 0.05) is 23.9 Å². The largest absolute Gasteiger partial charge is 0.322 e. The van der Waals surface area contributed by atoms with Crippen molar-refractivity contribution in [3.8, 4) is 16.9 Å². The summed E-state index contributed by atoms with van der Waals surface area (Å²) < 4.78 is 1.63. The molecule has 0 aliphatic heterocycles. The highest BCUT2D eigenvalue weighted by atomic mass is 35.5. The van der Waals surface area contributed by atoms with Crippen LogP contribution < -0.4 is 10.6 Å². The average Bonchev–Trinajstić information content (AvgIpc) is 3.38. The molecule has 2 N–H and O–H groups in total. The van der Waals surface area contributed by atoms with Gasteiger partial charge in [0.15, 0.2) is 0 Å². The summed E-state index contributed by atoms with van der Waals surface area (Å²) in [5.41, 5.74) is 5.23. The minimum absolute atomic E-state index is 0.110. The maximum Gasteiger partial charge on any atom is 0.322 e. The molecule has 0 bridgehead atoms. The maximum atomic E-state index is 13.7. The fourth-order valence-electron chi connectivity index (χ4n) is 4.87. The first-order valence-electron chi connectivity index (χ1n) is 14.6. The third-order valence-corrected chi connectivity index (χ3v) is 7.45. The number of anilines is 2. The fourth-order valence-corrected chi connectivity index (χ4v) is 5.08. The summed E-state index contributed by atoms with van der Waals surface area (Å²) in [6, 6.07) is 24.7. The van der Waals surface area contributed by atoms with Gasteiger partial charge in [-0.15, -0.1) is 0 Å². The van der Waals surface area contributed by atoms with Crippen molar-refractivity contribution in [3.63, 3.8) is 0 Å². The monoisotopic (exact) mass is 585 g/mol. The van der Waals surface area contributed by atoms with Crippen molar-refractivity contribution in [1.29, 1.82) is 0 Å². The summed E-state index contributed by atoms with van der Waals surface area (Å²) in [4.78, 5) is 28.8. The fraction of sp³-hybridized carbons (Fsp3) is 0.324. The van der Waals surface area contributed by atoms with Gasteiger partial charge in [0.25, 0.3) is 0 Å². The first-order valence-corrected chi connectivity index (χ1v) is 15.0. The number of unbranched alkanes of at least 4 members (excludes halogenated alkanes) is 1. The number of nitrogens with one attached hydrogen (secondary N) is 2. The normalized spacial score (nSPS) is 11.1. The molecule has 0 atom stereocenters. The number of hydrogen-bond donors (Lipinski definition) is 2. The van der Waals surface area contributed by atoms with E-state index in [0.717, 1.165) is 35.2 Å². The van der Waals surface area contributed by atoms with Crippen LogP contribution in [-0.2, 0) is 4.79 Å². The number of carbonyl (C=O) groups excluding carboxylic acids is 2. The van der Waals surface area contributed by atoms with Crippen molar-refractivity contribution < 1.29 is 9.59 Å². The molecule has 7 nitrogen and oxygen atoms in total. The van der Waals surface area contributed by atoms with Crippen LogP contribution in [0.15, 0.2) is 78.9 Å². The van der Waals surface area contributed by atoms with Crippen LogP contribution in [0.1, 0.15) is 70.4 Å². The van der Waals surface area contributed by atoms with E-state index in [0.29, 0.717) is 28.8 Å². The van der Waals surface area contributed by atoms with Gasteiger partial charge in [0.2, 0.25) is 5.91 Å². The number of urea groups is 1. The SMILES string of the molecule is CCCCN(CC(=O)Nc1cc(-c2ccccc2)nn1-c1ccccc1Cl)C(=O)Nc1c(C(C)C)cccc1C(C)C. The summed E-state index contributed by atoms with van der Waals surface area (Å²) in [5.74, 6) is 0.607. The molecule has 3 aromatic carbocycles. The van der Waals surface area contributed by atoms with E-state index in [4.69, 9.17) is 16.7 Å². The molecule has 3 amide bonds. The molecule has 0 radical (unpaired) electrons. The molecule has 42 heavy (non-hydrogen) atoms. The minimum Gasteiger partial charge on any atom is -0.315 e. The van der Waals surface area contributed by atoms with Gasteiger partial charge in [-0.25, -0.2) is 9.48 Å². The van der Waals surface area contributed by atoms with E-state index in [1.54, 1.807) is 15.6 Å². The number of rotatable bonds is 11. The molecular weight excluding hydrogens is 546 g/mol. The molecule has 220 valence electrons. The van der Waals surface area contributed by atoms with Crippen LogP contribution in [-0.4, -0.2) is 39.7 Å². The molecule has 0 saturated carbocycles. The number of hydrogen-bond acceptors (Lipinski definition) is 3. The van der Waals surface area contributed by atoms with Gasteiger partial charge in [-0.2, -0.15) is 5.10 Å². The Morgan fingerprint density at radius 3 is 2.14 bits per heavy atom. The van der Waals surface area contributed by atoms with Gasteiger partial charge >= 0.3 is 6.03 Å². The van der Waals surface area contributed by atoms with Crippen molar-refractivity contribution in [2.45, 2.75) is 59.3 Å². The average molecular weight is 586 g/mol. The lowest BCUT2D eigenvalue weighted by atomic mass is 9.93. The van der Waals surface area contributed by atoms with Gasteiger partial charge in [-0.1, -0.05) is 113 Å². The molecule has 8 heteroatoms. The van der Waals surface area contributed by atoms with Crippen LogP contribution in [0.5, 0.6) is 0 Å². The summed E-state index contributed by atoms with van der Waals surface area (Å²) in [5, 5.41) is 11.4. The van der Waals surface area contributed by atoms with E-state index in [9.17, 15) is 9.59 Å². The van der Waals surface area contributed by atoms with Crippen LogP contribution in [0.3, 0.4) is 0 Å². The Hall–Kier alpha value is -4.10. The standard InChI is InChI=1S/C34H40ClN5O2/c1-6-7-20-39(34(42)37-33-26(23(2)3)16-13-17-27(33)24(4)5)22-32(41)36-31-21-29(25-14-9-8-10-15-25)38-40(31)30-19-12-11-18-28(30)35/h8-19,21,23-24H,6-7,20,22H2,1-5H3,(H,36,41)(H,37,42). The number of amides is 3. The second kappa shape index (κ2) is 14.2. The van der Waals surface area contributed by atoms with Crippen LogP contribution >= 0.6 is 11.6 Å². The number of carbonyl (C=O) groups is 2. The highest BCUT2D eigenvalue weighted by Gasteiger charge is 2.23. The first-order chi connectivity index (χ1) is 20.2. The molecule has 0 unspecified atom stereocenters. The van der Waals surface area contributed by atoms with Crippen LogP contribution in [0.25, 0.3) is 16.9 Å². The molecule has 0 aliphatic carbocycles. The molecule has 0 saturated heterocycles.